The van der Waals surface area contributed by atoms with Crippen molar-refractivity contribution < 1.29 is 18.7 Å². The molecule has 1 amide bonds. The van der Waals surface area contributed by atoms with Crippen molar-refractivity contribution in [3.05, 3.63) is 30.5 Å². The molecular weight excluding hydrogens is 361 g/mol. The lowest BCUT2D eigenvalue weighted by Gasteiger charge is -2.24. The van der Waals surface area contributed by atoms with Gasteiger partial charge in [0.1, 0.15) is 23.8 Å². The predicted octanol–water partition coefficient (Wildman–Crippen LogP) is 2.66. The van der Waals surface area contributed by atoms with Crippen molar-refractivity contribution in [1.29, 1.82) is 0 Å². The number of halogens is 1. The SMILES string of the molecule is COc1ccc2nccc(O[C@H]3CCN(CC(=O)N4C[C@@H](F)C[C@H]4C)C3)c2c1. The van der Waals surface area contributed by atoms with Crippen molar-refractivity contribution in [2.24, 2.45) is 0 Å². The summed E-state index contributed by atoms with van der Waals surface area (Å²) >= 11 is 0. The molecular formula is C21H26FN3O3. The van der Waals surface area contributed by atoms with E-state index in [1.165, 1.54) is 0 Å². The molecule has 3 atom stereocenters. The smallest absolute Gasteiger partial charge is 0.237 e. The average Bonchev–Trinajstić information content (AvgIpc) is 3.27. The zero-order valence-electron chi connectivity index (χ0n) is 16.3. The number of rotatable bonds is 5. The van der Waals surface area contributed by atoms with Crippen molar-refractivity contribution in [1.82, 2.24) is 14.8 Å². The van der Waals surface area contributed by atoms with Gasteiger partial charge in [-0.1, -0.05) is 0 Å². The van der Waals surface area contributed by atoms with Crippen molar-refractivity contribution in [3.63, 3.8) is 0 Å². The first kappa shape index (κ1) is 18.9. The molecule has 0 saturated carbocycles. The summed E-state index contributed by atoms with van der Waals surface area (Å²) in [4.78, 5) is 20.7. The van der Waals surface area contributed by atoms with Gasteiger partial charge in [-0.25, -0.2) is 4.39 Å². The molecule has 0 aliphatic carbocycles. The summed E-state index contributed by atoms with van der Waals surface area (Å²) in [6.45, 7) is 3.93. The molecule has 2 aliphatic rings. The van der Waals surface area contributed by atoms with Crippen LogP contribution in [-0.2, 0) is 4.79 Å². The normalized spacial score (nSPS) is 25.4. The van der Waals surface area contributed by atoms with Gasteiger partial charge in [-0.2, -0.15) is 0 Å². The minimum absolute atomic E-state index is 0.00685. The van der Waals surface area contributed by atoms with Crippen LogP contribution in [0.4, 0.5) is 4.39 Å². The number of amides is 1. The fourth-order valence-electron chi connectivity index (χ4n) is 4.14. The Labute approximate surface area is 164 Å². The molecule has 150 valence electrons. The quantitative estimate of drug-likeness (QED) is 0.790. The summed E-state index contributed by atoms with van der Waals surface area (Å²) in [6, 6.07) is 7.56. The Hall–Kier alpha value is -2.41. The summed E-state index contributed by atoms with van der Waals surface area (Å²) in [5.41, 5.74) is 0.854. The molecule has 28 heavy (non-hydrogen) atoms. The van der Waals surface area contributed by atoms with E-state index >= 15 is 0 Å². The first-order chi connectivity index (χ1) is 13.5. The number of ether oxygens (including phenoxy) is 2. The van der Waals surface area contributed by atoms with Crippen molar-refractivity contribution >= 4 is 16.8 Å². The number of nitrogens with zero attached hydrogens (tertiary/aromatic N) is 3. The molecule has 1 aromatic carbocycles. The third-order valence-corrected chi connectivity index (χ3v) is 5.63. The predicted molar refractivity (Wildman–Crippen MR) is 104 cm³/mol. The van der Waals surface area contributed by atoms with Crippen LogP contribution < -0.4 is 9.47 Å². The van der Waals surface area contributed by atoms with Crippen LogP contribution in [0.1, 0.15) is 19.8 Å². The molecule has 0 bridgehead atoms. The van der Waals surface area contributed by atoms with Gasteiger partial charge in [0, 0.05) is 37.1 Å². The first-order valence-corrected chi connectivity index (χ1v) is 9.79. The second kappa shape index (κ2) is 7.91. The molecule has 2 aliphatic heterocycles. The summed E-state index contributed by atoms with van der Waals surface area (Å²) in [5, 5.41) is 0.913. The van der Waals surface area contributed by atoms with Crippen LogP contribution in [0.2, 0.25) is 0 Å². The van der Waals surface area contributed by atoms with Crippen LogP contribution in [0.3, 0.4) is 0 Å². The third-order valence-electron chi connectivity index (χ3n) is 5.63. The van der Waals surface area contributed by atoms with E-state index in [1.807, 2.05) is 31.2 Å². The van der Waals surface area contributed by atoms with E-state index in [2.05, 4.69) is 9.88 Å². The summed E-state index contributed by atoms with van der Waals surface area (Å²) < 4.78 is 25.1. The van der Waals surface area contributed by atoms with E-state index in [0.29, 0.717) is 19.5 Å². The number of hydrogen-bond donors (Lipinski definition) is 0. The minimum atomic E-state index is -0.898. The third kappa shape index (κ3) is 3.90. The van der Waals surface area contributed by atoms with Crippen molar-refractivity contribution in [2.45, 2.75) is 38.1 Å². The number of methoxy groups -OCH3 is 1. The fourth-order valence-corrected chi connectivity index (χ4v) is 4.14. The summed E-state index contributed by atoms with van der Waals surface area (Å²) in [7, 11) is 1.64. The standard InChI is InChI=1S/C21H26FN3O3/c1-14-9-15(22)11-25(14)21(26)13-24-8-6-17(12-24)28-20-5-7-23-19-4-3-16(27-2)10-18(19)20/h3-5,7,10,14-15,17H,6,8-9,11-13H2,1-2H3/t14-,15+,17+/m1/s1. The van der Waals surface area contributed by atoms with Crippen molar-refractivity contribution in [2.75, 3.05) is 33.3 Å². The lowest BCUT2D eigenvalue weighted by molar-refractivity contribution is -0.132. The van der Waals surface area contributed by atoms with Gasteiger partial charge in [0.15, 0.2) is 0 Å². The molecule has 7 heteroatoms. The van der Waals surface area contributed by atoms with Crippen LogP contribution >= 0.6 is 0 Å². The fraction of sp³-hybridized carbons (Fsp3) is 0.524. The number of carbonyl (C=O) groups excluding carboxylic acids is 1. The number of benzene rings is 1. The number of likely N-dealkylation sites (tertiary alicyclic amines) is 2. The molecule has 0 radical (unpaired) electrons. The molecule has 1 aromatic heterocycles. The van der Waals surface area contributed by atoms with E-state index in [-0.39, 0.29) is 24.6 Å². The van der Waals surface area contributed by atoms with Crippen LogP contribution in [-0.4, -0.2) is 72.3 Å². The van der Waals surface area contributed by atoms with Gasteiger partial charge in [0.05, 0.1) is 25.7 Å². The zero-order valence-corrected chi connectivity index (χ0v) is 16.3. The molecule has 2 saturated heterocycles. The Morgan fingerprint density at radius 3 is 2.93 bits per heavy atom. The molecule has 0 spiro atoms. The van der Waals surface area contributed by atoms with Gasteiger partial charge in [-0.3, -0.25) is 14.7 Å². The van der Waals surface area contributed by atoms with Gasteiger partial charge in [-0.05, 0) is 37.6 Å². The summed E-state index contributed by atoms with van der Waals surface area (Å²) in [5.74, 6) is 1.54. The molecule has 0 N–H and O–H groups in total. The van der Waals surface area contributed by atoms with E-state index < -0.39 is 6.17 Å². The van der Waals surface area contributed by atoms with Gasteiger partial charge >= 0.3 is 0 Å². The highest BCUT2D eigenvalue weighted by molar-refractivity contribution is 5.86. The Balaban J connectivity index is 1.39. The second-order valence-corrected chi connectivity index (χ2v) is 7.68. The molecule has 3 heterocycles. The maximum atomic E-state index is 13.5. The Kier molecular flexibility index (Phi) is 5.35. The van der Waals surface area contributed by atoms with Crippen LogP contribution in [0.15, 0.2) is 30.5 Å². The lowest BCUT2D eigenvalue weighted by Crippen LogP contribution is -2.41. The topological polar surface area (TPSA) is 54.9 Å². The molecule has 2 fully saturated rings. The Morgan fingerprint density at radius 1 is 1.32 bits per heavy atom. The van der Waals surface area contributed by atoms with Gasteiger partial charge < -0.3 is 14.4 Å². The van der Waals surface area contributed by atoms with Crippen LogP contribution in [0.5, 0.6) is 11.5 Å². The largest absolute Gasteiger partial charge is 0.497 e. The van der Waals surface area contributed by atoms with Gasteiger partial charge in [-0.15, -0.1) is 0 Å². The van der Waals surface area contributed by atoms with Crippen molar-refractivity contribution in [3.8, 4) is 11.5 Å². The highest BCUT2D eigenvalue weighted by Gasteiger charge is 2.34. The first-order valence-electron chi connectivity index (χ1n) is 9.79. The molecule has 0 unspecified atom stereocenters. The van der Waals surface area contributed by atoms with E-state index in [1.54, 1.807) is 18.2 Å². The number of carbonyl (C=O) groups is 1. The zero-order chi connectivity index (χ0) is 19.7. The van der Waals surface area contributed by atoms with Crippen LogP contribution in [0.25, 0.3) is 10.9 Å². The molecule has 4 rings (SSSR count). The average molecular weight is 387 g/mol. The summed E-state index contributed by atoms with van der Waals surface area (Å²) in [6.07, 6.45) is 2.14. The maximum Gasteiger partial charge on any atom is 0.237 e. The van der Waals surface area contributed by atoms with E-state index in [9.17, 15) is 9.18 Å². The highest BCUT2D eigenvalue weighted by atomic mass is 19.1. The van der Waals surface area contributed by atoms with Crippen LogP contribution in [0, 0.1) is 0 Å². The van der Waals surface area contributed by atoms with Gasteiger partial charge in [0.25, 0.3) is 0 Å². The number of alkyl halides is 1. The number of aromatic nitrogens is 1. The monoisotopic (exact) mass is 387 g/mol. The Morgan fingerprint density at radius 2 is 2.18 bits per heavy atom. The number of pyridine rings is 1. The van der Waals surface area contributed by atoms with E-state index in [4.69, 9.17) is 9.47 Å². The number of fused-ring (bicyclic) bond motifs is 1. The second-order valence-electron chi connectivity index (χ2n) is 7.68. The van der Waals surface area contributed by atoms with E-state index in [0.717, 1.165) is 35.4 Å². The molecule has 6 nitrogen and oxygen atoms in total. The Bertz CT molecular complexity index is 862. The highest BCUT2D eigenvalue weighted by Crippen LogP contribution is 2.30. The van der Waals surface area contributed by atoms with Gasteiger partial charge in [0.2, 0.25) is 5.91 Å². The number of hydrogen-bond acceptors (Lipinski definition) is 5. The molecule has 2 aromatic rings. The maximum absolute atomic E-state index is 13.5. The lowest BCUT2D eigenvalue weighted by atomic mass is 10.2. The minimum Gasteiger partial charge on any atom is -0.497 e.